The molecule has 2 aromatic carbocycles. The first-order valence-electron chi connectivity index (χ1n) is 8.85. The Labute approximate surface area is 188 Å². The standard InChI is InChI=1S/C21H25N5S.HI/c1-16-8-9-18(20(12-16)27-3)14-25-21(22-2)24-13-17-6-4-5-7-19(17)26-11-10-23-15-26;/h4-12,15H,13-14H2,1-3H3,(H2,22,24,25);1H. The van der Waals surface area contributed by atoms with Gasteiger partial charge in [-0.1, -0.05) is 30.3 Å². The van der Waals surface area contributed by atoms with Crippen molar-refractivity contribution in [1.29, 1.82) is 0 Å². The predicted molar refractivity (Wildman–Crippen MR) is 129 cm³/mol. The number of rotatable bonds is 6. The van der Waals surface area contributed by atoms with Crippen molar-refractivity contribution < 1.29 is 0 Å². The summed E-state index contributed by atoms with van der Waals surface area (Å²) in [5, 5.41) is 6.82. The SMILES string of the molecule is CN=C(NCc1ccc(C)cc1SC)NCc1ccccc1-n1ccnc1.I. The Kier molecular flexibility index (Phi) is 8.85. The van der Waals surface area contributed by atoms with Crippen LogP contribution in [0, 0.1) is 6.92 Å². The van der Waals surface area contributed by atoms with Crippen LogP contribution in [0.25, 0.3) is 5.69 Å². The molecule has 1 aromatic heterocycles. The molecule has 5 nitrogen and oxygen atoms in total. The van der Waals surface area contributed by atoms with Gasteiger partial charge in [-0.15, -0.1) is 35.7 Å². The van der Waals surface area contributed by atoms with Gasteiger partial charge in [0.1, 0.15) is 0 Å². The second-order valence-electron chi connectivity index (χ2n) is 6.19. The molecule has 0 aliphatic carbocycles. The number of aliphatic imine (C=N–C) groups is 1. The maximum Gasteiger partial charge on any atom is 0.191 e. The monoisotopic (exact) mass is 507 g/mol. The smallest absolute Gasteiger partial charge is 0.191 e. The summed E-state index contributed by atoms with van der Waals surface area (Å²) in [4.78, 5) is 9.79. The zero-order valence-corrected chi connectivity index (χ0v) is 19.5. The molecular formula is C21H26IN5S. The highest BCUT2D eigenvalue weighted by Gasteiger charge is 2.06. The van der Waals surface area contributed by atoms with Crippen molar-refractivity contribution in [1.82, 2.24) is 20.2 Å². The highest BCUT2D eigenvalue weighted by atomic mass is 127. The topological polar surface area (TPSA) is 54.2 Å². The maximum atomic E-state index is 4.35. The highest BCUT2D eigenvalue weighted by molar-refractivity contribution is 14.0. The molecule has 0 radical (unpaired) electrons. The van der Waals surface area contributed by atoms with Crippen LogP contribution in [0.2, 0.25) is 0 Å². The van der Waals surface area contributed by atoms with Crippen molar-refractivity contribution in [2.24, 2.45) is 4.99 Å². The van der Waals surface area contributed by atoms with Gasteiger partial charge in [-0.2, -0.15) is 0 Å². The van der Waals surface area contributed by atoms with Crippen molar-refractivity contribution in [2.75, 3.05) is 13.3 Å². The first kappa shape index (κ1) is 22.3. The third-order valence-corrected chi connectivity index (χ3v) is 5.15. The van der Waals surface area contributed by atoms with Crippen LogP contribution in [0.3, 0.4) is 0 Å². The molecule has 2 N–H and O–H groups in total. The number of nitrogens with one attached hydrogen (secondary N) is 2. The maximum absolute atomic E-state index is 4.35. The van der Waals surface area contributed by atoms with Gasteiger partial charge in [0.05, 0.1) is 12.0 Å². The van der Waals surface area contributed by atoms with E-state index < -0.39 is 0 Å². The minimum atomic E-state index is 0. The first-order chi connectivity index (χ1) is 13.2. The summed E-state index contributed by atoms with van der Waals surface area (Å²) >= 11 is 1.77. The van der Waals surface area contributed by atoms with Gasteiger partial charge < -0.3 is 15.2 Å². The lowest BCUT2D eigenvalue weighted by atomic mass is 10.1. The molecule has 0 amide bonds. The van der Waals surface area contributed by atoms with Gasteiger partial charge in [-0.3, -0.25) is 4.99 Å². The number of hydrogen-bond donors (Lipinski definition) is 2. The molecule has 0 spiro atoms. The summed E-state index contributed by atoms with van der Waals surface area (Å²) in [6.07, 6.45) is 7.66. The number of halogens is 1. The Morgan fingerprint density at radius 1 is 1.11 bits per heavy atom. The van der Waals surface area contributed by atoms with E-state index in [1.807, 2.05) is 29.2 Å². The lowest BCUT2D eigenvalue weighted by Gasteiger charge is -2.16. The van der Waals surface area contributed by atoms with Crippen molar-refractivity contribution in [3.8, 4) is 5.69 Å². The number of para-hydroxylation sites is 1. The average molecular weight is 507 g/mol. The number of aryl methyl sites for hydroxylation is 1. The van der Waals surface area contributed by atoms with Crippen LogP contribution >= 0.6 is 35.7 Å². The fourth-order valence-electron chi connectivity index (χ4n) is 2.89. The zero-order chi connectivity index (χ0) is 19.1. The molecule has 0 aliphatic rings. The molecule has 7 heteroatoms. The molecule has 0 atom stereocenters. The third-order valence-electron chi connectivity index (χ3n) is 4.33. The molecular weight excluding hydrogens is 481 g/mol. The number of guanidine groups is 1. The number of aromatic nitrogens is 2. The van der Waals surface area contributed by atoms with Crippen LogP contribution in [0.5, 0.6) is 0 Å². The molecule has 3 aromatic rings. The van der Waals surface area contributed by atoms with Crippen LogP contribution < -0.4 is 10.6 Å². The second kappa shape index (κ2) is 11.1. The van der Waals surface area contributed by atoms with Gasteiger partial charge in [-0.05, 0) is 42.0 Å². The Hall–Kier alpha value is -2.00. The fraction of sp³-hybridized carbons (Fsp3) is 0.238. The molecule has 28 heavy (non-hydrogen) atoms. The third kappa shape index (κ3) is 5.75. The number of thioether (sulfide) groups is 1. The van der Waals surface area contributed by atoms with Crippen molar-refractivity contribution in [2.45, 2.75) is 24.9 Å². The largest absolute Gasteiger partial charge is 0.352 e. The molecule has 0 unspecified atom stereocenters. The lowest BCUT2D eigenvalue weighted by molar-refractivity contribution is 0.796. The Balaban J connectivity index is 0.00000280. The van der Waals surface area contributed by atoms with E-state index in [0.717, 1.165) is 18.2 Å². The summed E-state index contributed by atoms with van der Waals surface area (Å²) in [7, 11) is 1.79. The van der Waals surface area contributed by atoms with E-state index >= 15 is 0 Å². The summed E-state index contributed by atoms with van der Waals surface area (Å²) in [6.45, 7) is 3.53. The number of benzene rings is 2. The van der Waals surface area contributed by atoms with E-state index in [1.54, 1.807) is 25.0 Å². The summed E-state index contributed by atoms with van der Waals surface area (Å²) < 4.78 is 2.02. The molecule has 148 valence electrons. The molecule has 0 fully saturated rings. The van der Waals surface area contributed by atoms with Crippen LogP contribution in [-0.4, -0.2) is 28.8 Å². The Morgan fingerprint density at radius 2 is 1.86 bits per heavy atom. The quantitative estimate of drug-likeness (QED) is 0.225. The van der Waals surface area contributed by atoms with E-state index in [0.29, 0.717) is 6.54 Å². The molecule has 0 aliphatic heterocycles. The van der Waals surface area contributed by atoms with E-state index in [2.05, 4.69) is 64.1 Å². The molecule has 0 saturated carbocycles. The number of hydrogen-bond acceptors (Lipinski definition) is 3. The van der Waals surface area contributed by atoms with Gasteiger partial charge in [0, 0.05) is 37.4 Å². The van der Waals surface area contributed by atoms with Crippen molar-refractivity contribution >= 4 is 41.7 Å². The Bertz CT molecular complexity index is 909. The minimum absolute atomic E-state index is 0. The average Bonchev–Trinajstić information content (AvgIpc) is 3.23. The van der Waals surface area contributed by atoms with E-state index in [4.69, 9.17) is 0 Å². The first-order valence-corrected chi connectivity index (χ1v) is 10.1. The number of imidazole rings is 1. The van der Waals surface area contributed by atoms with Crippen LogP contribution in [0.15, 0.2) is 71.1 Å². The van der Waals surface area contributed by atoms with Crippen LogP contribution in [0.1, 0.15) is 16.7 Å². The van der Waals surface area contributed by atoms with E-state index in [9.17, 15) is 0 Å². The molecule has 3 rings (SSSR count). The number of nitrogens with zero attached hydrogens (tertiary/aromatic N) is 3. The minimum Gasteiger partial charge on any atom is -0.352 e. The lowest BCUT2D eigenvalue weighted by Crippen LogP contribution is -2.36. The van der Waals surface area contributed by atoms with Gasteiger partial charge in [0.2, 0.25) is 0 Å². The summed E-state index contributed by atoms with van der Waals surface area (Å²) in [5.74, 6) is 0.781. The van der Waals surface area contributed by atoms with Gasteiger partial charge in [0.25, 0.3) is 0 Å². The van der Waals surface area contributed by atoms with E-state index in [-0.39, 0.29) is 24.0 Å². The van der Waals surface area contributed by atoms with Crippen LogP contribution in [-0.2, 0) is 13.1 Å². The van der Waals surface area contributed by atoms with Gasteiger partial charge in [-0.25, -0.2) is 4.98 Å². The zero-order valence-electron chi connectivity index (χ0n) is 16.3. The molecule has 1 heterocycles. The predicted octanol–water partition coefficient (Wildman–Crippen LogP) is 4.39. The van der Waals surface area contributed by atoms with Gasteiger partial charge >= 0.3 is 0 Å². The normalized spacial score (nSPS) is 11.0. The summed E-state index contributed by atoms with van der Waals surface area (Å²) in [5.41, 5.74) is 4.84. The van der Waals surface area contributed by atoms with E-state index in [1.165, 1.54) is 21.6 Å². The second-order valence-corrected chi connectivity index (χ2v) is 7.04. The van der Waals surface area contributed by atoms with Gasteiger partial charge in [0.15, 0.2) is 5.96 Å². The molecule has 0 saturated heterocycles. The molecule has 0 bridgehead atoms. The van der Waals surface area contributed by atoms with Crippen molar-refractivity contribution in [3.63, 3.8) is 0 Å². The fourth-order valence-corrected chi connectivity index (χ4v) is 3.60. The van der Waals surface area contributed by atoms with Crippen LogP contribution in [0.4, 0.5) is 0 Å². The van der Waals surface area contributed by atoms with Crippen molar-refractivity contribution in [3.05, 3.63) is 77.9 Å². The summed E-state index contributed by atoms with van der Waals surface area (Å²) in [6, 6.07) is 14.8. The highest BCUT2D eigenvalue weighted by Crippen LogP contribution is 2.21. The Morgan fingerprint density at radius 3 is 2.54 bits per heavy atom.